The number of hydrogen-bond acceptors (Lipinski definition) is 2. The molecule has 17 heavy (non-hydrogen) atoms. The predicted octanol–water partition coefficient (Wildman–Crippen LogP) is 1.59. The Balaban J connectivity index is 1.66. The second-order valence-corrected chi connectivity index (χ2v) is 7.07. The highest BCUT2D eigenvalue weighted by atomic mass is 16.2. The zero-order chi connectivity index (χ0) is 11.6. The lowest BCUT2D eigenvalue weighted by molar-refractivity contribution is -0.134. The van der Waals surface area contributed by atoms with Crippen molar-refractivity contribution in [3.63, 3.8) is 0 Å². The summed E-state index contributed by atoms with van der Waals surface area (Å²) in [5.41, 5.74) is 0.426. The lowest BCUT2D eigenvalue weighted by Gasteiger charge is -2.59. The van der Waals surface area contributed by atoms with Gasteiger partial charge in [-0.25, -0.2) is 0 Å². The van der Waals surface area contributed by atoms with Crippen molar-refractivity contribution in [1.29, 1.82) is 0 Å². The average Bonchev–Trinajstić information content (AvgIpc) is 2.58. The summed E-state index contributed by atoms with van der Waals surface area (Å²) in [6.45, 7) is 0.558. The Morgan fingerprint density at radius 2 is 1.65 bits per heavy atom. The van der Waals surface area contributed by atoms with E-state index in [0.29, 0.717) is 18.1 Å². The monoisotopic (exact) mass is 234 g/mol. The van der Waals surface area contributed by atoms with E-state index >= 15 is 0 Å². The largest absolute Gasteiger partial charge is 0.329 e. The molecule has 1 N–H and O–H groups in total. The van der Waals surface area contributed by atoms with E-state index < -0.39 is 0 Å². The molecule has 4 saturated carbocycles. The standard InChI is InChI=1S/C14H22N2O/c1-16-12(17)8-15-13(16)14-5-9-2-10(6-14)4-11(3-9)7-14/h9-11,13,15H,2-8H2,1H3/t9?,10?,11?,13-,14?/m1/s1. The normalized spacial score (nSPS) is 52.5. The molecule has 5 aliphatic rings. The molecule has 5 rings (SSSR count). The summed E-state index contributed by atoms with van der Waals surface area (Å²) < 4.78 is 0. The van der Waals surface area contributed by atoms with E-state index in [-0.39, 0.29) is 5.91 Å². The van der Waals surface area contributed by atoms with E-state index in [1.54, 1.807) is 0 Å². The summed E-state index contributed by atoms with van der Waals surface area (Å²) >= 11 is 0. The van der Waals surface area contributed by atoms with Gasteiger partial charge in [0.25, 0.3) is 0 Å². The molecule has 0 aromatic heterocycles. The van der Waals surface area contributed by atoms with Crippen LogP contribution in [0.3, 0.4) is 0 Å². The second kappa shape index (κ2) is 3.25. The lowest BCUT2D eigenvalue weighted by Crippen LogP contribution is -2.58. The van der Waals surface area contributed by atoms with E-state index in [2.05, 4.69) is 5.32 Å². The van der Waals surface area contributed by atoms with Crippen LogP contribution in [0, 0.1) is 23.2 Å². The van der Waals surface area contributed by atoms with Gasteiger partial charge in [0, 0.05) is 12.5 Å². The Morgan fingerprint density at radius 1 is 1.12 bits per heavy atom. The number of hydrogen-bond donors (Lipinski definition) is 1. The van der Waals surface area contributed by atoms with E-state index in [1.165, 1.54) is 38.5 Å². The molecule has 4 aliphatic carbocycles. The molecule has 4 bridgehead atoms. The van der Waals surface area contributed by atoms with Crippen LogP contribution >= 0.6 is 0 Å². The molecule has 0 spiro atoms. The quantitative estimate of drug-likeness (QED) is 0.747. The molecule has 0 aromatic rings. The summed E-state index contributed by atoms with van der Waals surface area (Å²) in [4.78, 5) is 13.7. The zero-order valence-corrected chi connectivity index (χ0v) is 10.6. The summed E-state index contributed by atoms with van der Waals surface area (Å²) in [7, 11) is 1.99. The third-order valence-corrected chi connectivity index (χ3v) is 5.89. The maximum Gasteiger partial charge on any atom is 0.237 e. The molecule has 0 radical (unpaired) electrons. The topological polar surface area (TPSA) is 32.3 Å². The maximum absolute atomic E-state index is 11.7. The SMILES string of the molecule is CN1C(=O)CN[C@H]1C12CC3CC(CC(C3)C1)C2. The number of nitrogens with one attached hydrogen (secondary N) is 1. The smallest absolute Gasteiger partial charge is 0.237 e. The number of rotatable bonds is 1. The van der Waals surface area contributed by atoms with Gasteiger partial charge in [-0.1, -0.05) is 0 Å². The molecule has 3 nitrogen and oxygen atoms in total. The first-order chi connectivity index (χ1) is 8.16. The molecular formula is C14H22N2O. The first kappa shape index (κ1) is 10.4. The van der Waals surface area contributed by atoms with Gasteiger partial charge in [0.15, 0.2) is 0 Å². The van der Waals surface area contributed by atoms with Gasteiger partial charge >= 0.3 is 0 Å². The van der Waals surface area contributed by atoms with E-state index in [1.807, 2.05) is 11.9 Å². The van der Waals surface area contributed by atoms with E-state index in [0.717, 1.165) is 17.8 Å². The molecular weight excluding hydrogens is 212 g/mol. The first-order valence-corrected chi connectivity index (χ1v) is 7.15. The molecule has 94 valence electrons. The van der Waals surface area contributed by atoms with Gasteiger partial charge in [-0.05, 0) is 56.3 Å². The van der Waals surface area contributed by atoms with E-state index in [4.69, 9.17) is 0 Å². The number of carbonyl (C=O) groups excluding carboxylic acids is 1. The highest BCUT2D eigenvalue weighted by molar-refractivity contribution is 5.80. The van der Waals surface area contributed by atoms with Crippen molar-refractivity contribution >= 4 is 5.91 Å². The Kier molecular flexibility index (Phi) is 1.98. The predicted molar refractivity (Wildman–Crippen MR) is 65.2 cm³/mol. The fourth-order valence-electron chi connectivity index (χ4n) is 5.73. The van der Waals surface area contributed by atoms with Gasteiger partial charge in [0.1, 0.15) is 0 Å². The van der Waals surface area contributed by atoms with E-state index in [9.17, 15) is 4.79 Å². The van der Waals surface area contributed by atoms with Crippen molar-refractivity contribution in [3.05, 3.63) is 0 Å². The van der Waals surface area contributed by atoms with Gasteiger partial charge in [-0.2, -0.15) is 0 Å². The van der Waals surface area contributed by atoms with Crippen LogP contribution in [0.15, 0.2) is 0 Å². The summed E-state index contributed by atoms with van der Waals surface area (Å²) in [5.74, 6) is 3.18. The molecule has 1 amide bonds. The first-order valence-electron chi connectivity index (χ1n) is 7.15. The molecule has 1 saturated heterocycles. The average molecular weight is 234 g/mol. The Hall–Kier alpha value is -0.570. The van der Waals surface area contributed by atoms with Crippen molar-refractivity contribution in [2.45, 2.75) is 44.7 Å². The third kappa shape index (κ3) is 1.35. The van der Waals surface area contributed by atoms with Crippen LogP contribution in [-0.4, -0.2) is 30.6 Å². The van der Waals surface area contributed by atoms with Crippen LogP contribution in [0.25, 0.3) is 0 Å². The van der Waals surface area contributed by atoms with Crippen molar-refractivity contribution in [2.75, 3.05) is 13.6 Å². The van der Waals surface area contributed by atoms with Gasteiger partial charge in [0.2, 0.25) is 5.91 Å². The van der Waals surface area contributed by atoms with Gasteiger partial charge in [0.05, 0.1) is 12.7 Å². The minimum Gasteiger partial charge on any atom is -0.329 e. The molecule has 0 aromatic carbocycles. The molecule has 1 atom stereocenters. The van der Waals surface area contributed by atoms with Crippen LogP contribution in [0.4, 0.5) is 0 Å². The molecule has 1 aliphatic heterocycles. The Labute approximate surface area is 103 Å². The van der Waals surface area contributed by atoms with Crippen molar-refractivity contribution in [3.8, 4) is 0 Å². The number of nitrogens with zero attached hydrogens (tertiary/aromatic N) is 1. The Morgan fingerprint density at radius 3 is 2.06 bits per heavy atom. The highest BCUT2D eigenvalue weighted by Gasteiger charge is 2.56. The minimum absolute atomic E-state index is 0.283. The van der Waals surface area contributed by atoms with Crippen molar-refractivity contribution < 1.29 is 4.79 Å². The van der Waals surface area contributed by atoms with Crippen LogP contribution in [0.1, 0.15) is 38.5 Å². The zero-order valence-electron chi connectivity index (χ0n) is 10.6. The van der Waals surface area contributed by atoms with Crippen LogP contribution in [0.2, 0.25) is 0 Å². The fourth-order valence-corrected chi connectivity index (χ4v) is 5.73. The summed E-state index contributed by atoms with van der Waals surface area (Å²) in [6, 6.07) is 0. The van der Waals surface area contributed by atoms with Gasteiger partial charge in [-0.3, -0.25) is 10.1 Å². The molecule has 1 heterocycles. The molecule has 0 unspecified atom stereocenters. The molecule has 3 heteroatoms. The van der Waals surface area contributed by atoms with Crippen molar-refractivity contribution in [2.24, 2.45) is 23.2 Å². The van der Waals surface area contributed by atoms with Gasteiger partial charge in [-0.15, -0.1) is 0 Å². The van der Waals surface area contributed by atoms with Gasteiger partial charge < -0.3 is 4.90 Å². The van der Waals surface area contributed by atoms with Crippen LogP contribution in [-0.2, 0) is 4.79 Å². The lowest BCUT2D eigenvalue weighted by atomic mass is 9.48. The summed E-state index contributed by atoms with van der Waals surface area (Å²) in [5, 5.41) is 3.49. The summed E-state index contributed by atoms with van der Waals surface area (Å²) in [6.07, 6.45) is 8.87. The van der Waals surface area contributed by atoms with Crippen LogP contribution in [0.5, 0.6) is 0 Å². The highest BCUT2D eigenvalue weighted by Crippen LogP contribution is 2.61. The fraction of sp³-hybridized carbons (Fsp3) is 0.929. The second-order valence-electron chi connectivity index (χ2n) is 7.07. The van der Waals surface area contributed by atoms with Crippen LogP contribution < -0.4 is 5.32 Å². The number of carbonyl (C=O) groups is 1. The van der Waals surface area contributed by atoms with Crippen molar-refractivity contribution in [1.82, 2.24) is 10.2 Å². The maximum atomic E-state index is 11.7. The number of likely N-dealkylation sites (N-methyl/N-ethyl adjacent to an activating group) is 1. The Bertz CT molecular complexity index is 330. The molecule has 5 fully saturated rings. The number of amides is 1. The minimum atomic E-state index is 0.283. The third-order valence-electron chi connectivity index (χ3n) is 5.89.